The van der Waals surface area contributed by atoms with Gasteiger partial charge in [0.1, 0.15) is 11.6 Å². The number of hydrogen-bond donors (Lipinski definition) is 1. The summed E-state index contributed by atoms with van der Waals surface area (Å²) in [4.78, 5) is 19.9. The fraction of sp³-hybridized carbons (Fsp3) is 0.267. The smallest absolute Gasteiger partial charge is 0.241 e. The number of nitrogens with zero attached hydrogens (tertiary/aromatic N) is 3. The lowest BCUT2D eigenvalue weighted by Crippen LogP contribution is -2.32. The molecular weight excluding hydrogens is 551 g/mol. The second-order valence-electron chi connectivity index (χ2n) is 10.1. The lowest BCUT2D eigenvalue weighted by molar-refractivity contribution is -0.119. The third-order valence-electron chi connectivity index (χ3n) is 7.34. The maximum atomic E-state index is 13.8. The van der Waals surface area contributed by atoms with Crippen molar-refractivity contribution >= 4 is 33.2 Å². The highest BCUT2D eigenvalue weighted by molar-refractivity contribution is 7.89. The molecule has 40 heavy (non-hydrogen) atoms. The van der Waals surface area contributed by atoms with Crippen molar-refractivity contribution in [2.75, 3.05) is 4.90 Å². The van der Waals surface area contributed by atoms with Crippen LogP contribution in [0.3, 0.4) is 0 Å². The minimum absolute atomic E-state index is 0.0996. The summed E-state index contributed by atoms with van der Waals surface area (Å²) in [6.45, 7) is 2.13. The highest BCUT2D eigenvalue weighted by Gasteiger charge is 2.30. The van der Waals surface area contributed by atoms with E-state index in [1.54, 1.807) is 29.3 Å². The minimum atomic E-state index is -3.81. The molecule has 2 atom stereocenters. The Labute approximate surface area is 238 Å². The molecule has 0 radical (unpaired) electrons. The monoisotopic (exact) mass is 580 g/mol. The van der Waals surface area contributed by atoms with Crippen LogP contribution in [-0.4, -0.2) is 23.9 Å². The molecule has 1 amide bonds. The molecule has 3 aromatic carbocycles. The molecule has 0 spiro atoms. The van der Waals surface area contributed by atoms with Gasteiger partial charge >= 0.3 is 0 Å². The van der Waals surface area contributed by atoms with Gasteiger partial charge in [0.2, 0.25) is 15.9 Å². The minimum Gasteiger partial charge on any atom is -0.337 e. The van der Waals surface area contributed by atoms with Gasteiger partial charge in [-0.1, -0.05) is 42.8 Å². The lowest BCUT2D eigenvalue weighted by Gasteiger charge is -2.26. The topological polar surface area (TPSA) is 84.3 Å². The van der Waals surface area contributed by atoms with E-state index in [1.807, 2.05) is 49.0 Å². The second-order valence-corrected chi connectivity index (χ2v) is 12.3. The van der Waals surface area contributed by atoms with Crippen LogP contribution >= 0.6 is 11.6 Å². The molecule has 5 rings (SSSR count). The second kappa shape index (κ2) is 11.5. The summed E-state index contributed by atoms with van der Waals surface area (Å²) in [7, 11) is -1.95. The first-order valence-corrected chi connectivity index (χ1v) is 14.9. The van der Waals surface area contributed by atoms with E-state index in [4.69, 9.17) is 11.6 Å². The first-order chi connectivity index (χ1) is 19.1. The number of sulfonamides is 1. The van der Waals surface area contributed by atoms with E-state index in [0.29, 0.717) is 29.4 Å². The predicted octanol–water partition coefficient (Wildman–Crippen LogP) is 5.91. The normalized spacial score (nSPS) is 15.6. The number of carbonyl (C=O) groups is 1. The van der Waals surface area contributed by atoms with Gasteiger partial charge in [0.15, 0.2) is 0 Å². The quantitative estimate of drug-likeness (QED) is 0.267. The molecule has 10 heteroatoms. The van der Waals surface area contributed by atoms with Gasteiger partial charge in [-0.25, -0.2) is 22.5 Å². The summed E-state index contributed by atoms with van der Waals surface area (Å²) in [5.74, 6) is 0.00421. The summed E-state index contributed by atoms with van der Waals surface area (Å²) in [5, 5.41) is 0.341. The van der Waals surface area contributed by atoms with E-state index < -0.39 is 16.1 Å². The van der Waals surface area contributed by atoms with Crippen LogP contribution in [0.25, 0.3) is 0 Å². The first-order valence-electron chi connectivity index (χ1n) is 13.0. The zero-order valence-electron chi connectivity index (χ0n) is 22.2. The number of nitrogens with one attached hydrogen (secondary N) is 1. The SMILES string of the molecule is C[C@H](CC(=O)N(Cc1nccn1C)c1ccc2c(c1)[C@H](NS(=O)(=O)c1cccc(Cl)c1)CC2)c1cccc(F)c1. The van der Waals surface area contributed by atoms with Crippen LogP contribution in [-0.2, 0) is 34.8 Å². The molecule has 0 unspecified atom stereocenters. The standard InChI is InChI=1S/C30H30ClFN4O3S/c1-20(22-5-3-7-24(32)16-22)15-30(37)36(19-29-33-13-14-35(29)2)25-11-9-21-10-12-28(27(21)18-25)34-40(38,39)26-8-4-6-23(31)17-26/h3-9,11,13-14,16-18,20,28,34H,10,12,15,19H2,1-2H3/t20-,28-/m1/s1. The predicted molar refractivity (Wildman–Crippen MR) is 153 cm³/mol. The van der Waals surface area contributed by atoms with Crippen LogP contribution in [0.2, 0.25) is 5.02 Å². The number of imidazole rings is 1. The number of halogens is 2. The van der Waals surface area contributed by atoms with Crippen molar-refractivity contribution in [2.45, 2.75) is 49.6 Å². The van der Waals surface area contributed by atoms with E-state index in [0.717, 1.165) is 16.7 Å². The Morgan fingerprint density at radius 3 is 2.70 bits per heavy atom. The van der Waals surface area contributed by atoms with Gasteiger partial charge in [-0.3, -0.25) is 4.79 Å². The van der Waals surface area contributed by atoms with Gasteiger partial charge in [-0.2, -0.15) is 0 Å². The van der Waals surface area contributed by atoms with Crippen molar-refractivity contribution in [1.29, 1.82) is 0 Å². The van der Waals surface area contributed by atoms with Crippen LogP contribution in [0.15, 0.2) is 84.0 Å². The van der Waals surface area contributed by atoms with E-state index in [9.17, 15) is 17.6 Å². The Hall–Kier alpha value is -3.53. The van der Waals surface area contributed by atoms with Crippen molar-refractivity contribution in [3.05, 3.63) is 112 Å². The van der Waals surface area contributed by atoms with Crippen LogP contribution in [0, 0.1) is 5.82 Å². The molecule has 0 bridgehead atoms. The molecule has 1 aromatic heterocycles. The van der Waals surface area contributed by atoms with E-state index in [1.165, 1.54) is 24.3 Å². The summed E-state index contributed by atoms with van der Waals surface area (Å²) >= 11 is 6.03. The average Bonchev–Trinajstić information content (AvgIpc) is 3.51. The van der Waals surface area contributed by atoms with Gasteiger partial charge in [0.25, 0.3) is 0 Å². The Morgan fingerprint density at radius 2 is 1.98 bits per heavy atom. The fourth-order valence-electron chi connectivity index (χ4n) is 5.09. The maximum Gasteiger partial charge on any atom is 0.241 e. The molecule has 0 saturated carbocycles. The molecule has 0 saturated heterocycles. The molecule has 1 aliphatic rings. The van der Waals surface area contributed by atoms with Gasteiger partial charge in [-0.05, 0) is 77.9 Å². The average molecular weight is 581 g/mol. The third kappa shape index (κ3) is 6.11. The van der Waals surface area contributed by atoms with Gasteiger partial charge in [0.05, 0.1) is 11.4 Å². The molecule has 1 aliphatic carbocycles. The zero-order chi connectivity index (χ0) is 28.4. The first kappa shape index (κ1) is 28.0. The Bertz CT molecular complexity index is 1660. The van der Waals surface area contributed by atoms with E-state index in [2.05, 4.69) is 9.71 Å². The fourth-order valence-corrected chi connectivity index (χ4v) is 6.64. The van der Waals surface area contributed by atoms with Crippen molar-refractivity contribution in [3.8, 4) is 0 Å². The number of amides is 1. The summed E-state index contributed by atoms with van der Waals surface area (Å²) < 4.78 is 44.8. The van der Waals surface area contributed by atoms with Crippen molar-refractivity contribution < 1.29 is 17.6 Å². The number of aryl methyl sites for hydroxylation is 2. The van der Waals surface area contributed by atoms with Crippen LogP contribution in [0.5, 0.6) is 0 Å². The lowest BCUT2D eigenvalue weighted by atomic mass is 9.96. The molecule has 7 nitrogen and oxygen atoms in total. The Balaban J connectivity index is 1.44. The van der Waals surface area contributed by atoms with Crippen molar-refractivity contribution in [1.82, 2.24) is 14.3 Å². The largest absolute Gasteiger partial charge is 0.337 e. The number of benzene rings is 3. The summed E-state index contributed by atoms with van der Waals surface area (Å²) in [6, 6.07) is 17.7. The van der Waals surface area contributed by atoms with Gasteiger partial charge < -0.3 is 9.47 Å². The third-order valence-corrected chi connectivity index (χ3v) is 9.05. The molecule has 4 aromatic rings. The zero-order valence-corrected chi connectivity index (χ0v) is 23.8. The molecule has 208 valence electrons. The van der Waals surface area contributed by atoms with Crippen molar-refractivity contribution in [3.63, 3.8) is 0 Å². The Morgan fingerprint density at radius 1 is 1.18 bits per heavy atom. The molecule has 0 fully saturated rings. The summed E-state index contributed by atoms with van der Waals surface area (Å²) in [5.41, 5.74) is 3.25. The number of rotatable bonds is 9. The van der Waals surface area contributed by atoms with Crippen LogP contribution in [0.4, 0.5) is 10.1 Å². The Kier molecular flexibility index (Phi) is 8.07. The highest BCUT2D eigenvalue weighted by Crippen LogP contribution is 2.36. The number of carbonyl (C=O) groups excluding carboxylic acids is 1. The molecule has 0 aliphatic heterocycles. The number of anilines is 1. The highest BCUT2D eigenvalue weighted by atomic mass is 35.5. The number of fused-ring (bicyclic) bond motifs is 1. The molecule has 1 N–H and O–H groups in total. The van der Waals surface area contributed by atoms with Crippen molar-refractivity contribution in [2.24, 2.45) is 7.05 Å². The summed E-state index contributed by atoms with van der Waals surface area (Å²) in [6.07, 6.45) is 4.97. The van der Waals surface area contributed by atoms with Gasteiger partial charge in [0, 0.05) is 42.6 Å². The van der Waals surface area contributed by atoms with E-state index in [-0.39, 0.29) is 35.5 Å². The number of aromatic nitrogens is 2. The van der Waals surface area contributed by atoms with Gasteiger partial charge in [-0.15, -0.1) is 0 Å². The molecular formula is C30H30ClFN4O3S. The molecule has 1 heterocycles. The van der Waals surface area contributed by atoms with Crippen LogP contribution in [0.1, 0.15) is 54.2 Å². The maximum absolute atomic E-state index is 13.8. The number of hydrogen-bond acceptors (Lipinski definition) is 4. The van der Waals surface area contributed by atoms with Crippen LogP contribution < -0.4 is 9.62 Å². The van der Waals surface area contributed by atoms with E-state index >= 15 is 0 Å².